The van der Waals surface area contributed by atoms with Crippen molar-refractivity contribution in [2.24, 2.45) is 11.7 Å². The third-order valence-corrected chi connectivity index (χ3v) is 4.71. The third-order valence-electron chi connectivity index (χ3n) is 4.18. The summed E-state index contributed by atoms with van der Waals surface area (Å²) in [5, 5.41) is 0. The number of likely N-dealkylation sites (N-methyl/N-ethyl adjacent to an activating group) is 1. The fourth-order valence-corrected chi connectivity index (χ4v) is 3.36. The van der Waals surface area contributed by atoms with Crippen molar-refractivity contribution in [2.75, 3.05) is 33.7 Å². The second-order valence-corrected chi connectivity index (χ2v) is 6.68. The standard InChI is InChI=1S/C15H24BrN3/c1-11-9-19(10-15(11)18(2)3)14(8-17)12-4-6-13(16)7-5-12/h4-7,11,14-15H,8-10,17H2,1-3H3. The van der Waals surface area contributed by atoms with Crippen molar-refractivity contribution in [3.05, 3.63) is 34.3 Å². The van der Waals surface area contributed by atoms with Crippen LogP contribution in [0, 0.1) is 5.92 Å². The lowest BCUT2D eigenvalue weighted by Gasteiger charge is -2.28. The van der Waals surface area contributed by atoms with E-state index in [0.717, 1.165) is 17.6 Å². The molecule has 1 heterocycles. The SMILES string of the molecule is CC1CN(C(CN)c2ccc(Br)cc2)CC1N(C)C. The summed E-state index contributed by atoms with van der Waals surface area (Å²) in [4.78, 5) is 4.86. The molecule has 1 aliphatic heterocycles. The molecule has 1 aliphatic rings. The van der Waals surface area contributed by atoms with Crippen LogP contribution in [-0.4, -0.2) is 49.6 Å². The number of nitrogens with zero attached hydrogens (tertiary/aromatic N) is 2. The lowest BCUT2D eigenvalue weighted by atomic mass is 10.1. The molecule has 1 aromatic rings. The van der Waals surface area contributed by atoms with Gasteiger partial charge in [-0.05, 0) is 37.7 Å². The van der Waals surface area contributed by atoms with Crippen LogP contribution >= 0.6 is 15.9 Å². The average Bonchev–Trinajstić information content (AvgIpc) is 2.75. The Morgan fingerprint density at radius 3 is 2.42 bits per heavy atom. The number of halogens is 1. The first kappa shape index (κ1) is 15.0. The van der Waals surface area contributed by atoms with Crippen molar-refractivity contribution in [3.8, 4) is 0 Å². The molecule has 106 valence electrons. The van der Waals surface area contributed by atoms with Crippen LogP contribution in [0.25, 0.3) is 0 Å². The summed E-state index contributed by atoms with van der Waals surface area (Å²) in [5.74, 6) is 0.694. The van der Waals surface area contributed by atoms with Gasteiger partial charge in [-0.25, -0.2) is 0 Å². The van der Waals surface area contributed by atoms with Gasteiger partial charge < -0.3 is 10.6 Å². The Kier molecular flexibility index (Phi) is 5.01. The minimum Gasteiger partial charge on any atom is -0.329 e. The largest absolute Gasteiger partial charge is 0.329 e. The monoisotopic (exact) mass is 325 g/mol. The van der Waals surface area contributed by atoms with Gasteiger partial charge in [0.2, 0.25) is 0 Å². The predicted octanol–water partition coefficient (Wildman–Crippen LogP) is 2.33. The second kappa shape index (κ2) is 6.35. The van der Waals surface area contributed by atoms with Crippen LogP contribution in [0.15, 0.2) is 28.7 Å². The Balaban J connectivity index is 2.13. The normalized spacial score (nSPS) is 26.0. The minimum atomic E-state index is 0.334. The molecule has 1 fully saturated rings. The molecular weight excluding hydrogens is 302 g/mol. The molecule has 0 bridgehead atoms. The molecule has 3 atom stereocenters. The van der Waals surface area contributed by atoms with E-state index in [4.69, 9.17) is 5.73 Å². The van der Waals surface area contributed by atoms with Gasteiger partial charge in [-0.2, -0.15) is 0 Å². The van der Waals surface area contributed by atoms with Gasteiger partial charge in [0, 0.05) is 36.2 Å². The number of hydrogen-bond donors (Lipinski definition) is 1. The molecule has 0 saturated carbocycles. The Labute approximate surface area is 124 Å². The van der Waals surface area contributed by atoms with Crippen molar-refractivity contribution in [1.82, 2.24) is 9.80 Å². The lowest BCUT2D eigenvalue weighted by molar-refractivity contribution is 0.219. The van der Waals surface area contributed by atoms with Crippen LogP contribution in [0.2, 0.25) is 0 Å². The molecule has 2 N–H and O–H groups in total. The average molecular weight is 326 g/mol. The first-order chi connectivity index (χ1) is 9.02. The zero-order valence-corrected chi connectivity index (χ0v) is 13.6. The second-order valence-electron chi connectivity index (χ2n) is 5.77. The molecule has 3 nitrogen and oxygen atoms in total. The number of nitrogens with two attached hydrogens (primary N) is 1. The van der Waals surface area contributed by atoms with E-state index in [1.807, 2.05) is 0 Å². The maximum absolute atomic E-state index is 6.02. The van der Waals surface area contributed by atoms with Gasteiger partial charge in [-0.3, -0.25) is 4.90 Å². The molecule has 1 aromatic carbocycles. The molecule has 0 aliphatic carbocycles. The van der Waals surface area contributed by atoms with Gasteiger partial charge in [0.05, 0.1) is 0 Å². The van der Waals surface area contributed by atoms with E-state index in [9.17, 15) is 0 Å². The fourth-order valence-electron chi connectivity index (χ4n) is 3.09. The van der Waals surface area contributed by atoms with Crippen LogP contribution in [-0.2, 0) is 0 Å². The van der Waals surface area contributed by atoms with E-state index >= 15 is 0 Å². The van der Waals surface area contributed by atoms with E-state index in [0.29, 0.717) is 24.5 Å². The van der Waals surface area contributed by atoms with E-state index in [1.54, 1.807) is 0 Å². The van der Waals surface area contributed by atoms with Gasteiger partial charge in [-0.15, -0.1) is 0 Å². The Morgan fingerprint density at radius 2 is 1.95 bits per heavy atom. The van der Waals surface area contributed by atoms with Crippen molar-refractivity contribution in [1.29, 1.82) is 0 Å². The highest BCUT2D eigenvalue weighted by Gasteiger charge is 2.34. The molecule has 0 spiro atoms. The predicted molar refractivity (Wildman–Crippen MR) is 84.1 cm³/mol. The Morgan fingerprint density at radius 1 is 1.32 bits per heavy atom. The first-order valence-electron chi connectivity index (χ1n) is 6.89. The lowest BCUT2D eigenvalue weighted by Crippen LogP contribution is -2.36. The molecule has 4 heteroatoms. The molecule has 3 unspecified atom stereocenters. The van der Waals surface area contributed by atoms with E-state index in [2.05, 4.69) is 71.0 Å². The number of hydrogen-bond acceptors (Lipinski definition) is 3. The Hall–Kier alpha value is -0.420. The summed E-state index contributed by atoms with van der Waals surface area (Å²) in [5.41, 5.74) is 7.34. The minimum absolute atomic E-state index is 0.334. The van der Waals surface area contributed by atoms with Crippen LogP contribution in [0.4, 0.5) is 0 Å². The topological polar surface area (TPSA) is 32.5 Å². The van der Waals surface area contributed by atoms with Crippen molar-refractivity contribution in [2.45, 2.75) is 19.0 Å². The molecule has 0 aromatic heterocycles. The highest BCUT2D eigenvalue weighted by atomic mass is 79.9. The molecule has 2 rings (SSSR count). The van der Waals surface area contributed by atoms with E-state index in [1.165, 1.54) is 5.56 Å². The maximum Gasteiger partial charge on any atom is 0.0471 e. The summed E-state index contributed by atoms with van der Waals surface area (Å²) in [6, 6.07) is 9.51. The number of likely N-dealkylation sites (tertiary alicyclic amines) is 1. The molecular formula is C15H24BrN3. The van der Waals surface area contributed by atoms with Crippen molar-refractivity contribution >= 4 is 15.9 Å². The summed E-state index contributed by atoms with van der Waals surface area (Å²) in [7, 11) is 4.34. The molecule has 0 radical (unpaired) electrons. The van der Waals surface area contributed by atoms with Gasteiger partial charge in [0.15, 0.2) is 0 Å². The quantitative estimate of drug-likeness (QED) is 0.922. The highest BCUT2D eigenvalue weighted by Crippen LogP contribution is 2.29. The summed E-state index contributed by atoms with van der Waals surface area (Å²) >= 11 is 3.49. The summed E-state index contributed by atoms with van der Waals surface area (Å²) in [6.07, 6.45) is 0. The van der Waals surface area contributed by atoms with Crippen molar-refractivity contribution in [3.63, 3.8) is 0 Å². The third kappa shape index (κ3) is 3.37. The summed E-state index contributed by atoms with van der Waals surface area (Å²) < 4.78 is 1.12. The highest BCUT2D eigenvalue weighted by molar-refractivity contribution is 9.10. The zero-order valence-electron chi connectivity index (χ0n) is 12.0. The van der Waals surface area contributed by atoms with Gasteiger partial charge in [0.1, 0.15) is 0 Å². The van der Waals surface area contributed by atoms with E-state index in [-0.39, 0.29) is 0 Å². The van der Waals surface area contributed by atoms with Crippen LogP contribution in [0.5, 0.6) is 0 Å². The van der Waals surface area contributed by atoms with Crippen LogP contribution in [0.1, 0.15) is 18.5 Å². The fraction of sp³-hybridized carbons (Fsp3) is 0.600. The molecule has 19 heavy (non-hydrogen) atoms. The molecule has 0 amide bonds. The van der Waals surface area contributed by atoms with Crippen molar-refractivity contribution < 1.29 is 0 Å². The van der Waals surface area contributed by atoms with Gasteiger partial charge >= 0.3 is 0 Å². The summed E-state index contributed by atoms with van der Waals surface area (Å²) in [6.45, 7) is 5.24. The number of rotatable bonds is 4. The maximum atomic E-state index is 6.02. The zero-order chi connectivity index (χ0) is 14.0. The smallest absolute Gasteiger partial charge is 0.0471 e. The number of benzene rings is 1. The van der Waals surface area contributed by atoms with Gasteiger partial charge in [0.25, 0.3) is 0 Å². The van der Waals surface area contributed by atoms with Crippen LogP contribution < -0.4 is 5.73 Å². The van der Waals surface area contributed by atoms with E-state index < -0.39 is 0 Å². The Bertz CT molecular complexity index is 404. The first-order valence-corrected chi connectivity index (χ1v) is 7.68. The van der Waals surface area contributed by atoms with Gasteiger partial charge in [-0.1, -0.05) is 35.0 Å². The molecule has 1 saturated heterocycles. The van der Waals surface area contributed by atoms with Crippen LogP contribution in [0.3, 0.4) is 0 Å².